The Hall–Kier alpha value is -2.10. The number of carbonyl (C=O) groups is 1. The van der Waals surface area contributed by atoms with Gasteiger partial charge in [-0.1, -0.05) is 6.07 Å². The van der Waals surface area contributed by atoms with Crippen LogP contribution in [-0.4, -0.2) is 21.0 Å². The molecule has 14 heavy (non-hydrogen) atoms. The molecule has 2 aromatic heterocycles. The first-order valence-electron chi connectivity index (χ1n) is 4.11. The maximum atomic E-state index is 10.7. The van der Waals surface area contributed by atoms with Crippen molar-refractivity contribution in [2.24, 2.45) is 0 Å². The second-order valence-electron chi connectivity index (χ2n) is 2.80. The fraction of sp³-hybridized carbons (Fsp3) is 0. The number of hydrogen-bond acceptors (Lipinski definition) is 2. The number of aromatic carboxylic acids is 1. The van der Waals surface area contributed by atoms with Crippen LogP contribution in [0.4, 0.5) is 0 Å². The lowest BCUT2D eigenvalue weighted by atomic mass is 10.2. The first-order chi connectivity index (χ1) is 6.77. The van der Waals surface area contributed by atoms with Gasteiger partial charge in [-0.3, -0.25) is 0 Å². The Labute approximate surface area is 80.2 Å². The molecule has 0 bridgehead atoms. The van der Waals surface area contributed by atoms with Crippen LogP contribution < -0.4 is 0 Å². The van der Waals surface area contributed by atoms with Crippen molar-refractivity contribution in [3.63, 3.8) is 0 Å². The molecule has 0 fully saturated rings. The summed E-state index contributed by atoms with van der Waals surface area (Å²) in [7, 11) is 0. The van der Waals surface area contributed by atoms with E-state index in [0.29, 0.717) is 5.69 Å². The minimum atomic E-state index is -1.02. The van der Waals surface area contributed by atoms with E-state index < -0.39 is 5.97 Å². The molecule has 0 unspecified atom stereocenters. The van der Waals surface area contributed by atoms with Crippen molar-refractivity contribution in [1.82, 2.24) is 9.97 Å². The van der Waals surface area contributed by atoms with E-state index in [9.17, 15) is 4.79 Å². The van der Waals surface area contributed by atoms with Crippen molar-refractivity contribution >= 4 is 5.97 Å². The molecule has 4 nitrogen and oxygen atoms in total. The molecule has 0 aromatic carbocycles. The van der Waals surface area contributed by atoms with Crippen LogP contribution in [0.1, 0.15) is 10.5 Å². The number of nitrogens with zero attached hydrogens (tertiary/aromatic N) is 1. The van der Waals surface area contributed by atoms with Gasteiger partial charge < -0.3 is 10.1 Å². The van der Waals surface area contributed by atoms with Crippen LogP contribution in [0.5, 0.6) is 0 Å². The Morgan fingerprint density at radius 1 is 1.29 bits per heavy atom. The minimum Gasteiger partial charge on any atom is -0.477 e. The average molecular weight is 188 g/mol. The molecule has 2 rings (SSSR count). The molecule has 70 valence electrons. The second kappa shape index (κ2) is 3.33. The molecule has 2 aromatic rings. The van der Waals surface area contributed by atoms with E-state index in [1.54, 1.807) is 18.3 Å². The summed E-state index contributed by atoms with van der Waals surface area (Å²) in [6.07, 6.45) is 1.77. The number of carboxylic acid groups (broad SMARTS) is 1. The van der Waals surface area contributed by atoms with Gasteiger partial charge in [0.25, 0.3) is 0 Å². The van der Waals surface area contributed by atoms with Gasteiger partial charge in [-0.15, -0.1) is 0 Å². The smallest absolute Gasteiger partial charge is 0.354 e. The number of pyridine rings is 1. The van der Waals surface area contributed by atoms with Crippen LogP contribution >= 0.6 is 0 Å². The van der Waals surface area contributed by atoms with Crippen molar-refractivity contribution < 1.29 is 9.90 Å². The molecule has 0 spiro atoms. The highest BCUT2D eigenvalue weighted by atomic mass is 16.4. The first kappa shape index (κ1) is 8.50. The number of aromatic amines is 1. The van der Waals surface area contributed by atoms with E-state index in [1.807, 2.05) is 12.1 Å². The molecule has 2 N–H and O–H groups in total. The predicted molar refractivity (Wildman–Crippen MR) is 51.0 cm³/mol. The van der Waals surface area contributed by atoms with Gasteiger partial charge in [-0.05, 0) is 24.3 Å². The highest BCUT2D eigenvalue weighted by molar-refractivity contribution is 5.85. The lowest BCUT2D eigenvalue weighted by Gasteiger charge is -1.98. The molecule has 2 heterocycles. The molecule has 0 aliphatic carbocycles. The second-order valence-corrected chi connectivity index (χ2v) is 2.80. The van der Waals surface area contributed by atoms with Gasteiger partial charge in [0.2, 0.25) is 0 Å². The summed E-state index contributed by atoms with van der Waals surface area (Å²) in [4.78, 5) is 17.6. The van der Waals surface area contributed by atoms with Gasteiger partial charge in [0, 0.05) is 6.20 Å². The molecule has 0 amide bonds. The predicted octanol–water partition coefficient (Wildman–Crippen LogP) is 1.77. The average Bonchev–Trinajstić information content (AvgIpc) is 2.71. The summed E-state index contributed by atoms with van der Waals surface area (Å²) in [5.74, 6) is -1.02. The van der Waals surface area contributed by atoms with Crippen LogP contribution in [0.3, 0.4) is 0 Å². The van der Waals surface area contributed by atoms with Gasteiger partial charge in [-0.25, -0.2) is 9.78 Å². The van der Waals surface area contributed by atoms with Crippen molar-refractivity contribution in [3.8, 4) is 11.4 Å². The zero-order valence-corrected chi connectivity index (χ0v) is 7.27. The molecular weight excluding hydrogens is 180 g/mol. The lowest BCUT2D eigenvalue weighted by molar-refractivity contribution is 0.0690. The Balaban J connectivity index is 2.46. The lowest BCUT2D eigenvalue weighted by Crippen LogP contribution is -2.00. The van der Waals surface area contributed by atoms with Gasteiger partial charge in [-0.2, -0.15) is 0 Å². The third-order valence-electron chi connectivity index (χ3n) is 1.84. The van der Waals surface area contributed by atoms with Crippen LogP contribution in [0, 0.1) is 0 Å². The van der Waals surface area contributed by atoms with Crippen LogP contribution in [-0.2, 0) is 0 Å². The number of carboxylic acids is 1. The van der Waals surface area contributed by atoms with E-state index in [-0.39, 0.29) is 5.69 Å². The van der Waals surface area contributed by atoms with Crippen molar-refractivity contribution in [2.45, 2.75) is 0 Å². The molecule has 4 heteroatoms. The number of nitrogens with one attached hydrogen (secondary N) is 1. The third kappa shape index (κ3) is 1.50. The summed E-state index contributed by atoms with van der Waals surface area (Å²) in [5.41, 5.74) is 1.50. The third-order valence-corrected chi connectivity index (χ3v) is 1.84. The maximum absolute atomic E-state index is 10.7. The van der Waals surface area contributed by atoms with Gasteiger partial charge in [0.15, 0.2) is 0 Å². The van der Waals surface area contributed by atoms with Gasteiger partial charge >= 0.3 is 5.97 Å². The van der Waals surface area contributed by atoms with E-state index in [1.165, 1.54) is 6.07 Å². The van der Waals surface area contributed by atoms with Gasteiger partial charge in [0.1, 0.15) is 5.69 Å². The fourth-order valence-electron chi connectivity index (χ4n) is 1.19. The van der Waals surface area contributed by atoms with E-state index in [2.05, 4.69) is 9.97 Å². The highest BCUT2D eigenvalue weighted by Crippen LogP contribution is 2.14. The van der Waals surface area contributed by atoms with Gasteiger partial charge in [0.05, 0.1) is 11.4 Å². The highest BCUT2D eigenvalue weighted by Gasteiger charge is 2.06. The summed E-state index contributed by atoms with van der Waals surface area (Å²) in [6, 6.07) is 8.58. The normalized spacial score (nSPS) is 10.0. The monoisotopic (exact) mass is 188 g/mol. The van der Waals surface area contributed by atoms with Crippen LogP contribution in [0.15, 0.2) is 36.5 Å². The Bertz CT molecular complexity index is 449. The van der Waals surface area contributed by atoms with Crippen LogP contribution in [0.2, 0.25) is 0 Å². The summed E-state index contributed by atoms with van der Waals surface area (Å²) >= 11 is 0. The molecule has 0 saturated heterocycles. The number of H-pyrrole nitrogens is 1. The zero-order valence-electron chi connectivity index (χ0n) is 7.27. The van der Waals surface area contributed by atoms with Crippen LogP contribution in [0.25, 0.3) is 11.4 Å². The van der Waals surface area contributed by atoms with Crippen molar-refractivity contribution in [1.29, 1.82) is 0 Å². The minimum absolute atomic E-state index is 0.0529. The summed E-state index contributed by atoms with van der Waals surface area (Å²) < 4.78 is 0. The molecule has 0 saturated carbocycles. The van der Waals surface area contributed by atoms with Crippen molar-refractivity contribution in [2.75, 3.05) is 0 Å². The Morgan fingerprint density at radius 3 is 2.79 bits per heavy atom. The number of aromatic nitrogens is 2. The SMILES string of the molecule is O=C(O)c1cccc(-c2ccc[nH]2)n1. The van der Waals surface area contributed by atoms with E-state index in [4.69, 9.17) is 5.11 Å². The van der Waals surface area contributed by atoms with E-state index in [0.717, 1.165) is 5.69 Å². The first-order valence-corrected chi connectivity index (χ1v) is 4.11. The molecule has 0 aliphatic rings. The van der Waals surface area contributed by atoms with E-state index >= 15 is 0 Å². The standard InChI is InChI=1S/C10H8N2O2/c13-10(14)9-4-1-3-8(12-9)7-5-2-6-11-7/h1-6,11H,(H,13,14). The molecule has 0 aliphatic heterocycles. The number of hydrogen-bond donors (Lipinski definition) is 2. The number of rotatable bonds is 2. The molecule has 0 atom stereocenters. The Kier molecular flexibility index (Phi) is 2.02. The topological polar surface area (TPSA) is 66.0 Å². The summed E-state index contributed by atoms with van der Waals surface area (Å²) in [6.45, 7) is 0. The quantitative estimate of drug-likeness (QED) is 0.754. The maximum Gasteiger partial charge on any atom is 0.354 e. The largest absolute Gasteiger partial charge is 0.477 e. The molecular formula is C10H8N2O2. The fourth-order valence-corrected chi connectivity index (χ4v) is 1.19. The summed E-state index contributed by atoms with van der Waals surface area (Å²) in [5, 5.41) is 8.73. The molecule has 0 radical (unpaired) electrons. The van der Waals surface area contributed by atoms with Crippen molar-refractivity contribution in [3.05, 3.63) is 42.2 Å². The zero-order chi connectivity index (χ0) is 9.97. The Morgan fingerprint density at radius 2 is 2.14 bits per heavy atom.